The molecule has 2 aromatic rings. The smallest absolute Gasteiger partial charge is 0.251 e. The molecular weight excluding hydrogens is 400 g/mol. The van der Waals surface area contributed by atoms with E-state index in [1.165, 1.54) is 14.2 Å². The molecule has 2 amide bonds. The zero-order chi connectivity index (χ0) is 22.4. The number of carbonyl (C=O) groups excluding carboxylic acids is 2. The first-order valence-electron chi connectivity index (χ1n) is 10.2. The lowest BCUT2D eigenvalue weighted by Gasteiger charge is -2.17. The van der Waals surface area contributed by atoms with Gasteiger partial charge in [-0.25, -0.2) is 0 Å². The number of hydrogen-bond acceptors (Lipinski definition) is 6. The van der Waals surface area contributed by atoms with Gasteiger partial charge in [-0.1, -0.05) is 13.0 Å². The molecule has 0 radical (unpaired) electrons. The van der Waals surface area contributed by atoms with Gasteiger partial charge in [-0.2, -0.15) is 0 Å². The molecule has 1 aliphatic rings. The number of amides is 2. The van der Waals surface area contributed by atoms with Crippen LogP contribution in [0.25, 0.3) is 0 Å². The van der Waals surface area contributed by atoms with Gasteiger partial charge in [-0.15, -0.1) is 0 Å². The zero-order valence-electron chi connectivity index (χ0n) is 18.0. The average Bonchev–Trinajstić information content (AvgIpc) is 3.23. The predicted octanol–water partition coefficient (Wildman–Crippen LogP) is 2.17. The van der Waals surface area contributed by atoms with Gasteiger partial charge in [-0.05, 0) is 42.3 Å². The number of anilines is 1. The lowest BCUT2D eigenvalue weighted by molar-refractivity contribution is -0.118. The molecule has 1 atom stereocenters. The Morgan fingerprint density at radius 2 is 1.87 bits per heavy atom. The number of fused-ring (bicyclic) bond motifs is 1. The molecule has 1 unspecified atom stereocenters. The second-order valence-corrected chi connectivity index (χ2v) is 7.16. The highest BCUT2D eigenvalue weighted by Gasteiger charge is 2.24. The maximum Gasteiger partial charge on any atom is 0.251 e. The first-order valence-corrected chi connectivity index (χ1v) is 10.2. The van der Waals surface area contributed by atoms with Crippen molar-refractivity contribution >= 4 is 17.5 Å². The van der Waals surface area contributed by atoms with E-state index in [9.17, 15) is 14.7 Å². The molecule has 3 rings (SSSR count). The van der Waals surface area contributed by atoms with Crippen molar-refractivity contribution in [3.8, 4) is 17.2 Å². The van der Waals surface area contributed by atoms with Crippen molar-refractivity contribution in [1.29, 1.82) is 0 Å². The largest absolute Gasteiger partial charge is 0.493 e. The van der Waals surface area contributed by atoms with Crippen LogP contribution in [0, 0.1) is 0 Å². The standard InChI is InChI=1S/C23H28N2O6/c1-4-21(27)25-11-10-15-12-16(8-9-18(15)25)23(28)24-13-17(26)14-31-22-19(29-2)6-5-7-20(22)30-3/h5-9,12,17,26H,4,10-11,13-14H2,1-3H3,(H,24,28). The molecule has 1 heterocycles. The van der Waals surface area contributed by atoms with Crippen LogP contribution in [0.1, 0.15) is 29.3 Å². The minimum absolute atomic E-state index is 0.0217. The summed E-state index contributed by atoms with van der Waals surface area (Å²) in [7, 11) is 3.04. The van der Waals surface area contributed by atoms with Crippen molar-refractivity contribution in [3.63, 3.8) is 0 Å². The number of carbonyl (C=O) groups is 2. The van der Waals surface area contributed by atoms with E-state index in [0.29, 0.717) is 35.8 Å². The number of aliphatic hydroxyl groups is 1. The van der Waals surface area contributed by atoms with Crippen molar-refractivity contribution in [2.75, 3.05) is 38.8 Å². The molecule has 0 fully saturated rings. The first-order chi connectivity index (χ1) is 15.0. The third kappa shape index (κ3) is 5.08. The molecule has 0 aromatic heterocycles. The number of para-hydroxylation sites is 1. The quantitative estimate of drug-likeness (QED) is 0.635. The Bertz CT molecular complexity index is 923. The molecule has 8 heteroatoms. The van der Waals surface area contributed by atoms with E-state index in [1.54, 1.807) is 41.3 Å². The third-order valence-electron chi connectivity index (χ3n) is 5.14. The summed E-state index contributed by atoms with van der Waals surface area (Å²) < 4.78 is 16.2. The fraction of sp³-hybridized carbons (Fsp3) is 0.391. The average molecular weight is 428 g/mol. The molecule has 0 saturated heterocycles. The van der Waals surface area contributed by atoms with Crippen molar-refractivity contribution in [3.05, 3.63) is 47.5 Å². The predicted molar refractivity (Wildman–Crippen MR) is 116 cm³/mol. The van der Waals surface area contributed by atoms with Crippen molar-refractivity contribution in [2.24, 2.45) is 0 Å². The van der Waals surface area contributed by atoms with Gasteiger partial charge in [0.2, 0.25) is 11.7 Å². The lowest BCUT2D eigenvalue weighted by atomic mass is 10.1. The summed E-state index contributed by atoms with van der Waals surface area (Å²) in [4.78, 5) is 26.3. The maximum absolute atomic E-state index is 12.5. The monoisotopic (exact) mass is 428 g/mol. The highest BCUT2D eigenvalue weighted by molar-refractivity contribution is 5.98. The third-order valence-corrected chi connectivity index (χ3v) is 5.14. The molecular formula is C23H28N2O6. The fourth-order valence-electron chi connectivity index (χ4n) is 3.50. The zero-order valence-corrected chi connectivity index (χ0v) is 18.0. The highest BCUT2D eigenvalue weighted by atomic mass is 16.5. The molecule has 2 aromatic carbocycles. The van der Waals surface area contributed by atoms with Crippen molar-refractivity contribution < 1.29 is 28.9 Å². The molecule has 166 valence electrons. The second kappa shape index (κ2) is 10.2. The maximum atomic E-state index is 12.5. The van der Waals surface area contributed by atoms with E-state index in [4.69, 9.17) is 14.2 Å². The van der Waals surface area contributed by atoms with Gasteiger partial charge in [0.1, 0.15) is 12.7 Å². The Morgan fingerprint density at radius 1 is 1.16 bits per heavy atom. The summed E-state index contributed by atoms with van der Waals surface area (Å²) in [5, 5.41) is 13.0. The second-order valence-electron chi connectivity index (χ2n) is 7.16. The minimum atomic E-state index is -0.925. The molecule has 0 aliphatic carbocycles. The summed E-state index contributed by atoms with van der Waals surface area (Å²) in [5.74, 6) is 1.15. The Balaban J connectivity index is 1.55. The topological polar surface area (TPSA) is 97.3 Å². The van der Waals surface area contributed by atoms with Crippen LogP contribution in [0.2, 0.25) is 0 Å². The van der Waals surface area contributed by atoms with Gasteiger partial charge in [-0.3, -0.25) is 9.59 Å². The lowest BCUT2D eigenvalue weighted by Crippen LogP contribution is -2.35. The van der Waals surface area contributed by atoms with Gasteiger partial charge in [0.05, 0.1) is 14.2 Å². The van der Waals surface area contributed by atoms with Crippen LogP contribution in [0.15, 0.2) is 36.4 Å². The van der Waals surface area contributed by atoms with Gasteiger partial charge >= 0.3 is 0 Å². The van der Waals surface area contributed by atoms with Crippen molar-refractivity contribution in [2.45, 2.75) is 25.9 Å². The highest BCUT2D eigenvalue weighted by Crippen LogP contribution is 2.36. The molecule has 0 saturated carbocycles. The van der Waals surface area contributed by atoms with Gasteiger partial charge < -0.3 is 29.5 Å². The number of nitrogens with zero attached hydrogens (tertiary/aromatic N) is 1. The Hall–Kier alpha value is -3.26. The minimum Gasteiger partial charge on any atom is -0.493 e. The van der Waals surface area contributed by atoms with E-state index in [-0.39, 0.29) is 25.0 Å². The van der Waals surface area contributed by atoms with Crippen LogP contribution in [-0.2, 0) is 11.2 Å². The van der Waals surface area contributed by atoms with Crippen LogP contribution < -0.4 is 24.4 Å². The van der Waals surface area contributed by atoms with Crippen LogP contribution in [0.3, 0.4) is 0 Å². The Kier molecular flexibility index (Phi) is 7.36. The molecule has 1 aliphatic heterocycles. The van der Waals surface area contributed by atoms with Gasteiger partial charge in [0.25, 0.3) is 5.91 Å². The van der Waals surface area contributed by atoms with Crippen LogP contribution >= 0.6 is 0 Å². The van der Waals surface area contributed by atoms with E-state index in [2.05, 4.69) is 5.32 Å². The molecule has 8 nitrogen and oxygen atoms in total. The number of ether oxygens (including phenoxy) is 3. The number of benzene rings is 2. The van der Waals surface area contributed by atoms with Crippen LogP contribution in [0.4, 0.5) is 5.69 Å². The van der Waals surface area contributed by atoms with Crippen LogP contribution in [-0.4, -0.2) is 56.9 Å². The number of aliphatic hydroxyl groups excluding tert-OH is 1. The molecule has 2 N–H and O–H groups in total. The van der Waals surface area contributed by atoms with Crippen molar-refractivity contribution in [1.82, 2.24) is 5.32 Å². The van der Waals surface area contributed by atoms with E-state index >= 15 is 0 Å². The van der Waals surface area contributed by atoms with Gasteiger partial charge in [0, 0.05) is 30.8 Å². The number of methoxy groups -OCH3 is 2. The Labute approximate surface area is 181 Å². The van der Waals surface area contributed by atoms with E-state index in [1.807, 2.05) is 6.92 Å². The number of rotatable bonds is 9. The normalized spacial score (nSPS) is 13.4. The summed E-state index contributed by atoms with van der Waals surface area (Å²) in [5.41, 5.74) is 2.33. The summed E-state index contributed by atoms with van der Waals surface area (Å²) >= 11 is 0. The van der Waals surface area contributed by atoms with E-state index < -0.39 is 6.10 Å². The fourth-order valence-corrected chi connectivity index (χ4v) is 3.50. The summed E-state index contributed by atoms with van der Waals surface area (Å²) in [6.07, 6.45) is 0.243. The Morgan fingerprint density at radius 3 is 2.52 bits per heavy atom. The summed E-state index contributed by atoms with van der Waals surface area (Å²) in [6, 6.07) is 10.5. The molecule has 0 bridgehead atoms. The van der Waals surface area contributed by atoms with Gasteiger partial charge in [0.15, 0.2) is 11.5 Å². The molecule has 31 heavy (non-hydrogen) atoms. The first kappa shape index (κ1) is 22.4. The van der Waals surface area contributed by atoms with Crippen LogP contribution in [0.5, 0.6) is 17.2 Å². The number of hydrogen-bond donors (Lipinski definition) is 2. The SMILES string of the molecule is CCC(=O)N1CCc2cc(C(=O)NCC(O)COc3c(OC)cccc3OC)ccc21. The molecule has 0 spiro atoms. The number of nitrogens with one attached hydrogen (secondary N) is 1. The summed E-state index contributed by atoms with van der Waals surface area (Å²) in [6.45, 7) is 2.44. The van der Waals surface area contributed by atoms with E-state index in [0.717, 1.165) is 17.7 Å².